The number of aromatic hydroxyl groups is 1. The summed E-state index contributed by atoms with van der Waals surface area (Å²) < 4.78 is 0. The average Bonchev–Trinajstić information content (AvgIpc) is 2.58. The molecule has 1 N–H and O–H groups in total. The molecule has 1 heteroatoms. The van der Waals surface area contributed by atoms with Gasteiger partial charge in [-0.1, -0.05) is 88.3 Å². The summed E-state index contributed by atoms with van der Waals surface area (Å²) in [6.07, 6.45) is 11.7. The lowest BCUT2D eigenvalue weighted by Crippen LogP contribution is -1.91. The van der Waals surface area contributed by atoms with E-state index >= 15 is 0 Å². The number of phenolic OH excluding ortho intramolecular Hbond substituents is 1. The fraction of sp³-hybridized carbons (Fsp3) is 0.455. The van der Waals surface area contributed by atoms with Crippen molar-refractivity contribution in [3.05, 3.63) is 54.1 Å². The molecule has 1 nitrogen and oxygen atoms in total. The Morgan fingerprint density at radius 3 is 2.09 bits per heavy atom. The Morgan fingerprint density at radius 1 is 0.739 bits per heavy atom. The van der Waals surface area contributed by atoms with Crippen molar-refractivity contribution in [2.45, 2.75) is 64.7 Å². The molecule has 2 rings (SSSR count). The average molecular weight is 310 g/mol. The predicted octanol–water partition coefficient (Wildman–Crippen LogP) is 6.74. The van der Waals surface area contributed by atoms with Gasteiger partial charge in [-0.05, 0) is 41.7 Å². The molecule has 0 unspecified atom stereocenters. The van der Waals surface area contributed by atoms with Crippen LogP contribution in [-0.4, -0.2) is 5.11 Å². The second-order valence-electron chi connectivity index (χ2n) is 6.43. The van der Waals surface area contributed by atoms with Crippen LogP contribution >= 0.6 is 0 Å². The summed E-state index contributed by atoms with van der Waals surface area (Å²) in [6.45, 7) is 2.26. The van der Waals surface area contributed by atoms with Gasteiger partial charge in [-0.15, -0.1) is 0 Å². The Kier molecular flexibility index (Phi) is 7.72. The maximum atomic E-state index is 9.81. The molecule has 0 aliphatic heterocycles. The Morgan fingerprint density at radius 2 is 1.39 bits per heavy atom. The highest BCUT2D eigenvalue weighted by atomic mass is 16.3. The second-order valence-corrected chi connectivity index (χ2v) is 6.43. The molecule has 23 heavy (non-hydrogen) atoms. The molecule has 0 spiro atoms. The molecule has 0 saturated carbocycles. The Hall–Kier alpha value is -1.76. The minimum Gasteiger partial charge on any atom is -0.508 e. The third-order valence-electron chi connectivity index (χ3n) is 4.47. The van der Waals surface area contributed by atoms with Crippen molar-refractivity contribution in [1.82, 2.24) is 0 Å². The molecule has 0 aliphatic carbocycles. The minimum absolute atomic E-state index is 0.374. The van der Waals surface area contributed by atoms with Crippen LogP contribution in [0, 0.1) is 0 Å². The van der Waals surface area contributed by atoms with E-state index in [0.717, 1.165) is 6.42 Å². The molecule has 0 saturated heterocycles. The second kappa shape index (κ2) is 10.1. The van der Waals surface area contributed by atoms with E-state index in [1.807, 2.05) is 18.2 Å². The first-order chi connectivity index (χ1) is 11.3. The first-order valence-corrected chi connectivity index (χ1v) is 9.18. The molecule has 0 bridgehead atoms. The van der Waals surface area contributed by atoms with Crippen molar-refractivity contribution in [2.24, 2.45) is 0 Å². The van der Waals surface area contributed by atoms with E-state index in [1.165, 1.54) is 68.1 Å². The zero-order chi connectivity index (χ0) is 16.3. The predicted molar refractivity (Wildman–Crippen MR) is 99.9 cm³/mol. The first-order valence-electron chi connectivity index (χ1n) is 9.18. The van der Waals surface area contributed by atoms with Crippen LogP contribution < -0.4 is 0 Å². The maximum Gasteiger partial charge on any atom is 0.115 e. The van der Waals surface area contributed by atoms with Gasteiger partial charge in [0.2, 0.25) is 0 Å². The smallest absolute Gasteiger partial charge is 0.115 e. The fourth-order valence-corrected chi connectivity index (χ4v) is 3.14. The summed E-state index contributed by atoms with van der Waals surface area (Å²) in [6, 6.07) is 16.2. The molecule has 2 aromatic carbocycles. The van der Waals surface area contributed by atoms with Gasteiger partial charge in [0.1, 0.15) is 5.75 Å². The van der Waals surface area contributed by atoms with Gasteiger partial charge in [0.05, 0.1) is 0 Å². The van der Waals surface area contributed by atoms with E-state index < -0.39 is 0 Å². The van der Waals surface area contributed by atoms with Crippen molar-refractivity contribution in [1.29, 1.82) is 0 Å². The molecular formula is C22H30O. The van der Waals surface area contributed by atoms with E-state index in [2.05, 4.69) is 31.2 Å². The molecule has 124 valence electrons. The highest BCUT2D eigenvalue weighted by Crippen LogP contribution is 2.28. The van der Waals surface area contributed by atoms with E-state index in [0.29, 0.717) is 5.75 Å². The van der Waals surface area contributed by atoms with E-state index in [4.69, 9.17) is 0 Å². The highest BCUT2D eigenvalue weighted by Gasteiger charge is 2.06. The van der Waals surface area contributed by atoms with Gasteiger partial charge in [-0.3, -0.25) is 0 Å². The van der Waals surface area contributed by atoms with Crippen molar-refractivity contribution in [3.63, 3.8) is 0 Å². The third-order valence-corrected chi connectivity index (χ3v) is 4.47. The summed E-state index contributed by atoms with van der Waals surface area (Å²) in [5, 5.41) is 9.81. The number of hydrogen-bond acceptors (Lipinski definition) is 1. The van der Waals surface area contributed by atoms with Crippen molar-refractivity contribution < 1.29 is 5.11 Å². The zero-order valence-corrected chi connectivity index (χ0v) is 14.4. The lowest BCUT2D eigenvalue weighted by atomic mass is 9.95. The van der Waals surface area contributed by atoms with Crippen molar-refractivity contribution in [2.75, 3.05) is 0 Å². The number of rotatable bonds is 10. The van der Waals surface area contributed by atoms with Gasteiger partial charge in [0, 0.05) is 0 Å². The monoisotopic (exact) mass is 310 g/mol. The standard InChI is InChI=1S/C22H30O/c1-2-3-4-5-6-7-8-10-15-20-18-21(23)16-17-22(20)19-13-11-9-12-14-19/h9,11-14,16-18,23H,2-8,10,15H2,1H3. The highest BCUT2D eigenvalue weighted by molar-refractivity contribution is 5.68. The molecule has 2 aromatic rings. The van der Waals surface area contributed by atoms with E-state index in [9.17, 15) is 5.11 Å². The normalized spacial score (nSPS) is 10.8. The van der Waals surface area contributed by atoms with Gasteiger partial charge in [-0.25, -0.2) is 0 Å². The van der Waals surface area contributed by atoms with E-state index in [-0.39, 0.29) is 0 Å². The molecule has 0 aromatic heterocycles. The minimum atomic E-state index is 0.374. The van der Waals surface area contributed by atoms with Gasteiger partial charge in [-0.2, -0.15) is 0 Å². The molecule has 0 amide bonds. The molecule has 0 aliphatic rings. The Balaban J connectivity index is 1.84. The maximum absolute atomic E-state index is 9.81. The van der Waals surface area contributed by atoms with Gasteiger partial charge in [0.25, 0.3) is 0 Å². The van der Waals surface area contributed by atoms with Crippen LogP contribution in [0.25, 0.3) is 11.1 Å². The van der Waals surface area contributed by atoms with Crippen LogP contribution in [0.4, 0.5) is 0 Å². The Bertz CT molecular complexity index is 559. The SMILES string of the molecule is CCCCCCCCCCc1cc(O)ccc1-c1ccccc1. The third kappa shape index (κ3) is 6.09. The lowest BCUT2D eigenvalue weighted by Gasteiger charge is -2.10. The van der Waals surface area contributed by atoms with Crippen molar-refractivity contribution in [3.8, 4) is 16.9 Å². The van der Waals surface area contributed by atoms with Gasteiger partial charge < -0.3 is 5.11 Å². The zero-order valence-electron chi connectivity index (χ0n) is 14.4. The number of benzene rings is 2. The number of unbranched alkanes of at least 4 members (excludes halogenated alkanes) is 7. The molecule has 0 atom stereocenters. The number of phenols is 1. The number of aryl methyl sites for hydroxylation is 1. The molecular weight excluding hydrogens is 280 g/mol. The van der Waals surface area contributed by atoms with Crippen LogP contribution in [0.15, 0.2) is 48.5 Å². The summed E-state index contributed by atoms with van der Waals surface area (Å²) >= 11 is 0. The van der Waals surface area contributed by atoms with Crippen LogP contribution in [0.5, 0.6) is 5.75 Å². The van der Waals surface area contributed by atoms with E-state index in [1.54, 1.807) is 6.07 Å². The molecule has 0 fully saturated rings. The Labute approximate surface area is 141 Å². The topological polar surface area (TPSA) is 20.2 Å². The summed E-state index contributed by atoms with van der Waals surface area (Å²) in [5.74, 6) is 0.374. The van der Waals surface area contributed by atoms with Crippen LogP contribution in [-0.2, 0) is 6.42 Å². The first kappa shape index (κ1) is 17.6. The number of hydrogen-bond donors (Lipinski definition) is 1. The van der Waals surface area contributed by atoms with Crippen LogP contribution in [0.1, 0.15) is 63.9 Å². The van der Waals surface area contributed by atoms with Crippen LogP contribution in [0.3, 0.4) is 0 Å². The van der Waals surface area contributed by atoms with Crippen LogP contribution in [0.2, 0.25) is 0 Å². The molecule has 0 heterocycles. The van der Waals surface area contributed by atoms with Crippen molar-refractivity contribution >= 4 is 0 Å². The lowest BCUT2D eigenvalue weighted by molar-refractivity contribution is 0.474. The summed E-state index contributed by atoms with van der Waals surface area (Å²) in [5.41, 5.74) is 3.76. The molecule has 0 radical (unpaired) electrons. The van der Waals surface area contributed by atoms with Gasteiger partial charge in [0.15, 0.2) is 0 Å². The summed E-state index contributed by atoms with van der Waals surface area (Å²) in [4.78, 5) is 0. The largest absolute Gasteiger partial charge is 0.508 e. The fourth-order valence-electron chi connectivity index (χ4n) is 3.14. The quantitative estimate of drug-likeness (QED) is 0.482. The summed E-state index contributed by atoms with van der Waals surface area (Å²) in [7, 11) is 0. The van der Waals surface area contributed by atoms with Gasteiger partial charge >= 0.3 is 0 Å².